The van der Waals surface area contributed by atoms with Crippen molar-refractivity contribution >= 4 is 12.6 Å². The third-order valence-corrected chi connectivity index (χ3v) is 6.09. The summed E-state index contributed by atoms with van der Waals surface area (Å²) >= 11 is 4.86. The molecule has 0 spiro atoms. The molecule has 2 atom stereocenters. The summed E-state index contributed by atoms with van der Waals surface area (Å²) in [7, 11) is 1.79. The lowest BCUT2D eigenvalue weighted by atomic mass is 9.86. The molecular formula is C23H31NOS. The Balaban J connectivity index is 1.66. The van der Waals surface area contributed by atoms with E-state index in [4.69, 9.17) is 17.4 Å². The van der Waals surface area contributed by atoms with Crippen LogP contribution in [0.1, 0.15) is 48.1 Å². The van der Waals surface area contributed by atoms with Gasteiger partial charge in [-0.3, -0.25) is 0 Å². The maximum absolute atomic E-state index is 5.63. The van der Waals surface area contributed by atoms with Crippen LogP contribution in [0.2, 0.25) is 0 Å². The number of rotatable bonds is 8. The molecule has 0 amide bonds. The zero-order valence-electron chi connectivity index (χ0n) is 16.0. The van der Waals surface area contributed by atoms with Gasteiger partial charge in [0.05, 0.1) is 7.11 Å². The Bertz CT molecular complexity index is 674. The molecule has 0 aromatic heterocycles. The van der Waals surface area contributed by atoms with E-state index in [1.807, 2.05) is 0 Å². The lowest BCUT2D eigenvalue weighted by Gasteiger charge is -2.36. The lowest BCUT2D eigenvalue weighted by molar-refractivity contribution is 0.176. The molecular weight excluding hydrogens is 338 g/mol. The van der Waals surface area contributed by atoms with Crippen LogP contribution in [-0.4, -0.2) is 31.1 Å². The van der Waals surface area contributed by atoms with E-state index in [-0.39, 0.29) is 0 Å². The molecule has 0 N–H and O–H groups in total. The van der Waals surface area contributed by atoms with Crippen molar-refractivity contribution in [2.75, 3.05) is 20.2 Å². The topological polar surface area (TPSA) is 12.5 Å². The maximum Gasteiger partial charge on any atom is 0.122 e. The molecule has 26 heavy (non-hydrogen) atoms. The summed E-state index contributed by atoms with van der Waals surface area (Å²) < 4.78 is 5.63. The lowest BCUT2D eigenvalue weighted by Crippen LogP contribution is -2.40. The number of methoxy groups -OCH3 is 1. The molecule has 3 heteroatoms. The van der Waals surface area contributed by atoms with Crippen LogP contribution in [0.3, 0.4) is 0 Å². The van der Waals surface area contributed by atoms with Gasteiger partial charge in [0.15, 0.2) is 0 Å². The maximum atomic E-state index is 5.63. The molecule has 0 heterocycles. The van der Waals surface area contributed by atoms with Crippen molar-refractivity contribution in [1.82, 2.24) is 4.90 Å². The number of aryl methyl sites for hydroxylation is 1. The van der Waals surface area contributed by atoms with Crippen molar-refractivity contribution in [2.24, 2.45) is 0 Å². The smallest absolute Gasteiger partial charge is 0.122 e. The highest BCUT2D eigenvalue weighted by Crippen LogP contribution is 2.32. The molecule has 2 nitrogen and oxygen atoms in total. The van der Waals surface area contributed by atoms with Crippen molar-refractivity contribution in [3.8, 4) is 5.75 Å². The van der Waals surface area contributed by atoms with E-state index in [1.165, 1.54) is 29.5 Å². The summed E-state index contributed by atoms with van der Waals surface area (Å²) in [6.07, 6.45) is 5.77. The predicted octanol–water partition coefficient (Wildman–Crippen LogP) is 5.33. The van der Waals surface area contributed by atoms with E-state index in [1.54, 1.807) is 7.11 Å². The van der Waals surface area contributed by atoms with Crippen molar-refractivity contribution < 1.29 is 4.74 Å². The second-order valence-corrected chi connectivity index (χ2v) is 7.87. The molecule has 0 saturated heterocycles. The first kappa shape index (κ1) is 19.3. The second-order valence-electron chi connectivity index (χ2n) is 7.25. The highest BCUT2D eigenvalue weighted by molar-refractivity contribution is 7.80. The molecule has 2 aromatic carbocycles. The van der Waals surface area contributed by atoms with Gasteiger partial charge in [0.25, 0.3) is 0 Å². The Morgan fingerprint density at radius 2 is 1.92 bits per heavy atom. The fourth-order valence-corrected chi connectivity index (χ4v) is 4.42. The largest absolute Gasteiger partial charge is 0.496 e. The number of nitrogens with zero attached hydrogens (tertiary/aromatic N) is 1. The predicted molar refractivity (Wildman–Crippen MR) is 113 cm³/mol. The first-order valence-electron chi connectivity index (χ1n) is 9.84. The average Bonchev–Trinajstić information content (AvgIpc) is 2.70. The Morgan fingerprint density at radius 1 is 1.12 bits per heavy atom. The first-order chi connectivity index (χ1) is 12.7. The van der Waals surface area contributed by atoms with Crippen LogP contribution in [0.25, 0.3) is 0 Å². The van der Waals surface area contributed by atoms with Crippen LogP contribution in [0.5, 0.6) is 5.75 Å². The number of thiol groups is 1. The van der Waals surface area contributed by atoms with Gasteiger partial charge < -0.3 is 9.64 Å². The number of hydrogen-bond donors (Lipinski definition) is 1. The Kier molecular flexibility index (Phi) is 7.04. The zero-order chi connectivity index (χ0) is 18.4. The quantitative estimate of drug-likeness (QED) is 0.632. The van der Waals surface area contributed by atoms with Gasteiger partial charge in [-0.2, -0.15) is 12.6 Å². The first-order valence-corrected chi connectivity index (χ1v) is 10.4. The molecule has 2 aromatic rings. The van der Waals surface area contributed by atoms with E-state index >= 15 is 0 Å². The van der Waals surface area contributed by atoms with Gasteiger partial charge >= 0.3 is 0 Å². The number of fused-ring (bicyclic) bond motifs is 1. The van der Waals surface area contributed by atoms with Crippen LogP contribution >= 0.6 is 12.6 Å². The average molecular weight is 370 g/mol. The summed E-state index contributed by atoms with van der Waals surface area (Å²) in [5, 5.41) is 0.306. The zero-order valence-corrected chi connectivity index (χ0v) is 16.9. The van der Waals surface area contributed by atoms with Crippen molar-refractivity contribution in [3.05, 3.63) is 65.2 Å². The standard InChI is InChI=1S/C23H31NOS/c1-3-15-24(16-14-23(26)19-8-5-4-6-9-19)20-13-12-18-10-7-11-22(25-2)21(18)17-20/h4-11,20,23,26H,3,12-17H2,1-2H3. The molecule has 3 rings (SSSR count). The minimum Gasteiger partial charge on any atom is -0.496 e. The molecule has 1 aliphatic carbocycles. The van der Waals surface area contributed by atoms with E-state index in [2.05, 4.69) is 60.4 Å². The summed E-state index contributed by atoms with van der Waals surface area (Å²) in [6.45, 7) is 4.54. The highest BCUT2D eigenvalue weighted by Gasteiger charge is 2.26. The van der Waals surface area contributed by atoms with E-state index in [9.17, 15) is 0 Å². The van der Waals surface area contributed by atoms with Gasteiger partial charge in [0, 0.05) is 11.3 Å². The van der Waals surface area contributed by atoms with Crippen LogP contribution < -0.4 is 4.74 Å². The van der Waals surface area contributed by atoms with Gasteiger partial charge in [0.1, 0.15) is 5.75 Å². The minimum atomic E-state index is 0.306. The third-order valence-electron chi connectivity index (χ3n) is 5.54. The Labute approximate surface area is 164 Å². The van der Waals surface area contributed by atoms with Crippen LogP contribution in [0.15, 0.2) is 48.5 Å². The minimum absolute atomic E-state index is 0.306. The van der Waals surface area contributed by atoms with Crippen LogP contribution in [-0.2, 0) is 12.8 Å². The number of hydrogen-bond acceptors (Lipinski definition) is 3. The monoisotopic (exact) mass is 369 g/mol. The van der Waals surface area contributed by atoms with Crippen molar-refractivity contribution in [2.45, 2.75) is 50.3 Å². The van der Waals surface area contributed by atoms with E-state index < -0.39 is 0 Å². The third kappa shape index (κ3) is 4.63. The summed E-state index contributed by atoms with van der Waals surface area (Å²) in [5.74, 6) is 1.06. The van der Waals surface area contributed by atoms with Gasteiger partial charge in [-0.15, -0.1) is 0 Å². The van der Waals surface area contributed by atoms with Crippen molar-refractivity contribution in [3.63, 3.8) is 0 Å². The molecule has 0 aliphatic heterocycles. The van der Waals surface area contributed by atoms with Crippen LogP contribution in [0.4, 0.5) is 0 Å². The number of ether oxygens (including phenoxy) is 1. The molecule has 2 unspecified atom stereocenters. The Morgan fingerprint density at radius 3 is 2.65 bits per heavy atom. The molecule has 0 radical (unpaired) electrons. The molecule has 0 fully saturated rings. The molecule has 1 aliphatic rings. The van der Waals surface area contributed by atoms with E-state index in [0.29, 0.717) is 11.3 Å². The molecule has 0 bridgehead atoms. The van der Waals surface area contributed by atoms with Crippen molar-refractivity contribution in [1.29, 1.82) is 0 Å². The number of benzene rings is 2. The summed E-state index contributed by atoms with van der Waals surface area (Å²) in [5.41, 5.74) is 4.20. The molecule has 0 saturated carbocycles. The summed E-state index contributed by atoms with van der Waals surface area (Å²) in [6, 6.07) is 17.7. The highest BCUT2D eigenvalue weighted by atomic mass is 32.1. The van der Waals surface area contributed by atoms with Gasteiger partial charge in [-0.25, -0.2) is 0 Å². The van der Waals surface area contributed by atoms with Gasteiger partial charge in [-0.1, -0.05) is 49.4 Å². The normalized spacial score (nSPS) is 17.8. The van der Waals surface area contributed by atoms with Crippen LogP contribution in [0, 0.1) is 0 Å². The second kappa shape index (κ2) is 9.48. The SMILES string of the molecule is CCCN(CCC(S)c1ccccc1)C1CCc2cccc(OC)c2C1. The van der Waals surface area contributed by atoms with Gasteiger partial charge in [-0.05, 0) is 68.0 Å². The van der Waals surface area contributed by atoms with E-state index in [0.717, 1.165) is 38.1 Å². The molecule has 140 valence electrons. The fraction of sp³-hybridized carbons (Fsp3) is 0.478. The fourth-order valence-electron chi connectivity index (χ4n) is 4.13. The van der Waals surface area contributed by atoms with Gasteiger partial charge in [0.2, 0.25) is 0 Å². The Hall–Kier alpha value is -1.45. The summed E-state index contributed by atoms with van der Waals surface area (Å²) in [4.78, 5) is 2.68.